The normalized spacial score (nSPS) is 28.6. The van der Waals surface area contributed by atoms with E-state index < -0.39 is 0 Å². The lowest BCUT2D eigenvalue weighted by Crippen LogP contribution is -2.36. The quantitative estimate of drug-likeness (QED) is 0.591. The zero-order chi connectivity index (χ0) is 9.84. The van der Waals surface area contributed by atoms with Gasteiger partial charge in [0.25, 0.3) is 0 Å². The number of rotatable bonds is 2. The molecule has 0 bridgehead atoms. The smallest absolute Gasteiger partial charge is 0.311 e. The Hall–Kier alpha value is -0.900. The Morgan fingerprint density at radius 2 is 2.15 bits per heavy atom. The highest BCUT2D eigenvalue weighted by atomic mass is 16.5. The van der Waals surface area contributed by atoms with Crippen LogP contribution in [0.15, 0.2) is 0 Å². The van der Waals surface area contributed by atoms with Gasteiger partial charge in [0.1, 0.15) is 5.78 Å². The number of ether oxygens (including phenoxy) is 2. The summed E-state index contributed by atoms with van der Waals surface area (Å²) in [5.74, 6) is -0.390. The zero-order valence-corrected chi connectivity index (χ0v) is 7.91. The molecule has 2 atom stereocenters. The fraction of sp³-hybridized carbons (Fsp3) is 0.778. The van der Waals surface area contributed by atoms with Crippen molar-refractivity contribution in [2.75, 3.05) is 14.2 Å². The minimum atomic E-state index is -0.298. The van der Waals surface area contributed by atoms with E-state index in [2.05, 4.69) is 4.74 Å². The summed E-state index contributed by atoms with van der Waals surface area (Å²) >= 11 is 0. The molecular weight excluding hydrogens is 172 g/mol. The number of hydrogen-bond donors (Lipinski definition) is 0. The number of hydrogen-bond acceptors (Lipinski definition) is 4. The summed E-state index contributed by atoms with van der Waals surface area (Å²) in [6.45, 7) is 0. The Morgan fingerprint density at radius 3 is 2.69 bits per heavy atom. The first-order valence-electron chi connectivity index (χ1n) is 4.31. The predicted molar refractivity (Wildman–Crippen MR) is 45.2 cm³/mol. The summed E-state index contributed by atoms with van der Waals surface area (Å²) < 4.78 is 9.70. The van der Waals surface area contributed by atoms with Crippen LogP contribution in [0.5, 0.6) is 0 Å². The van der Waals surface area contributed by atoms with Crippen molar-refractivity contribution in [3.8, 4) is 0 Å². The molecule has 0 N–H and O–H groups in total. The van der Waals surface area contributed by atoms with E-state index in [4.69, 9.17) is 4.74 Å². The summed E-state index contributed by atoms with van der Waals surface area (Å²) in [7, 11) is 2.87. The average Bonchev–Trinajstić information content (AvgIpc) is 2.16. The molecule has 0 aliphatic heterocycles. The standard InChI is InChI=1S/C9H14O4/c1-12-8-5-6(10)3-4-7(8)9(11)13-2/h7-8H,3-5H2,1-2H3/t7-,8-/m0/s1. The van der Waals surface area contributed by atoms with Gasteiger partial charge in [-0.3, -0.25) is 9.59 Å². The first kappa shape index (κ1) is 10.2. The first-order chi connectivity index (χ1) is 6.19. The Morgan fingerprint density at radius 1 is 1.46 bits per heavy atom. The largest absolute Gasteiger partial charge is 0.469 e. The van der Waals surface area contributed by atoms with Gasteiger partial charge in [-0.2, -0.15) is 0 Å². The molecule has 0 heterocycles. The van der Waals surface area contributed by atoms with Gasteiger partial charge in [0, 0.05) is 20.0 Å². The molecule has 0 aromatic carbocycles. The Kier molecular flexibility index (Phi) is 3.42. The van der Waals surface area contributed by atoms with E-state index in [1.54, 1.807) is 0 Å². The maximum absolute atomic E-state index is 11.2. The minimum Gasteiger partial charge on any atom is -0.469 e. The lowest BCUT2D eigenvalue weighted by atomic mass is 9.86. The van der Waals surface area contributed by atoms with Gasteiger partial charge in [0.05, 0.1) is 19.1 Å². The molecule has 0 spiro atoms. The van der Waals surface area contributed by atoms with E-state index >= 15 is 0 Å². The molecule has 0 radical (unpaired) electrons. The first-order valence-corrected chi connectivity index (χ1v) is 4.31. The number of methoxy groups -OCH3 is 2. The molecule has 4 heteroatoms. The zero-order valence-electron chi connectivity index (χ0n) is 7.91. The summed E-state index contributed by atoms with van der Waals surface area (Å²) in [6, 6.07) is 0. The van der Waals surface area contributed by atoms with Crippen LogP contribution in [0, 0.1) is 5.92 Å². The highest BCUT2D eigenvalue weighted by Gasteiger charge is 2.34. The van der Waals surface area contributed by atoms with Crippen molar-refractivity contribution in [1.82, 2.24) is 0 Å². The lowest BCUT2D eigenvalue weighted by molar-refractivity contribution is -0.153. The average molecular weight is 186 g/mol. The summed E-state index contributed by atoms with van der Waals surface area (Å²) in [5.41, 5.74) is 0. The Balaban J connectivity index is 2.62. The second-order valence-corrected chi connectivity index (χ2v) is 3.19. The number of ketones is 1. The molecule has 0 aromatic rings. The predicted octanol–water partition coefficient (Wildman–Crippen LogP) is 0.544. The topological polar surface area (TPSA) is 52.6 Å². The van der Waals surface area contributed by atoms with E-state index in [1.165, 1.54) is 14.2 Å². The van der Waals surface area contributed by atoms with Crippen LogP contribution in [0.4, 0.5) is 0 Å². The maximum atomic E-state index is 11.2. The van der Waals surface area contributed by atoms with Gasteiger partial charge in [-0.1, -0.05) is 0 Å². The van der Waals surface area contributed by atoms with Crippen LogP contribution in [0.2, 0.25) is 0 Å². The molecule has 1 rings (SSSR count). The number of esters is 1. The molecular formula is C9H14O4. The SMILES string of the molecule is COC(=O)[C@H]1CCC(=O)C[C@@H]1OC. The van der Waals surface area contributed by atoms with Crippen molar-refractivity contribution >= 4 is 11.8 Å². The van der Waals surface area contributed by atoms with Crippen molar-refractivity contribution in [2.45, 2.75) is 25.4 Å². The van der Waals surface area contributed by atoms with Crippen molar-refractivity contribution in [1.29, 1.82) is 0 Å². The lowest BCUT2D eigenvalue weighted by Gasteiger charge is -2.27. The second-order valence-electron chi connectivity index (χ2n) is 3.19. The van der Waals surface area contributed by atoms with Gasteiger partial charge in [0.2, 0.25) is 0 Å². The molecule has 13 heavy (non-hydrogen) atoms. The highest BCUT2D eigenvalue weighted by molar-refractivity contribution is 5.83. The summed E-state index contributed by atoms with van der Waals surface area (Å²) in [6.07, 6.45) is 1.04. The summed E-state index contributed by atoms with van der Waals surface area (Å²) in [4.78, 5) is 22.3. The number of Topliss-reactive ketones (excluding diaryl/α,β-unsaturated/α-hetero) is 1. The molecule has 1 aliphatic rings. The van der Waals surface area contributed by atoms with Gasteiger partial charge in [0.15, 0.2) is 0 Å². The van der Waals surface area contributed by atoms with Gasteiger partial charge < -0.3 is 9.47 Å². The molecule has 1 aliphatic carbocycles. The van der Waals surface area contributed by atoms with Crippen molar-refractivity contribution in [3.63, 3.8) is 0 Å². The molecule has 1 saturated carbocycles. The minimum absolute atomic E-state index is 0.159. The number of carbonyl (C=O) groups is 2. The monoisotopic (exact) mass is 186 g/mol. The van der Waals surface area contributed by atoms with Crippen molar-refractivity contribution < 1.29 is 19.1 Å². The van der Waals surface area contributed by atoms with E-state index in [1.807, 2.05) is 0 Å². The second kappa shape index (κ2) is 4.37. The third-order valence-electron chi connectivity index (χ3n) is 2.42. The van der Waals surface area contributed by atoms with Crippen LogP contribution in [-0.4, -0.2) is 32.1 Å². The third-order valence-corrected chi connectivity index (χ3v) is 2.42. The maximum Gasteiger partial charge on any atom is 0.311 e. The number of carbonyl (C=O) groups excluding carboxylic acids is 2. The molecule has 74 valence electrons. The van der Waals surface area contributed by atoms with Crippen LogP contribution >= 0.6 is 0 Å². The van der Waals surface area contributed by atoms with E-state index in [0.717, 1.165) is 0 Å². The van der Waals surface area contributed by atoms with E-state index in [9.17, 15) is 9.59 Å². The molecule has 0 aromatic heterocycles. The van der Waals surface area contributed by atoms with Crippen molar-refractivity contribution in [2.24, 2.45) is 5.92 Å². The van der Waals surface area contributed by atoms with Crippen LogP contribution in [0.3, 0.4) is 0 Å². The van der Waals surface area contributed by atoms with E-state index in [-0.39, 0.29) is 23.8 Å². The molecule has 1 fully saturated rings. The highest BCUT2D eigenvalue weighted by Crippen LogP contribution is 2.25. The molecule has 0 unspecified atom stereocenters. The van der Waals surface area contributed by atoms with Crippen LogP contribution in [0.1, 0.15) is 19.3 Å². The van der Waals surface area contributed by atoms with E-state index in [0.29, 0.717) is 19.3 Å². The Labute approximate surface area is 77.2 Å². The fourth-order valence-electron chi connectivity index (χ4n) is 1.64. The molecule has 0 saturated heterocycles. The van der Waals surface area contributed by atoms with Crippen LogP contribution < -0.4 is 0 Å². The molecule has 0 amide bonds. The van der Waals surface area contributed by atoms with Gasteiger partial charge in [-0.25, -0.2) is 0 Å². The van der Waals surface area contributed by atoms with Gasteiger partial charge >= 0.3 is 5.97 Å². The van der Waals surface area contributed by atoms with Gasteiger partial charge in [-0.05, 0) is 6.42 Å². The molecule has 4 nitrogen and oxygen atoms in total. The Bertz CT molecular complexity index is 212. The van der Waals surface area contributed by atoms with Crippen LogP contribution in [0.25, 0.3) is 0 Å². The third kappa shape index (κ3) is 2.28. The summed E-state index contributed by atoms with van der Waals surface area (Å²) in [5, 5.41) is 0. The van der Waals surface area contributed by atoms with Gasteiger partial charge in [-0.15, -0.1) is 0 Å². The van der Waals surface area contributed by atoms with Crippen LogP contribution in [-0.2, 0) is 19.1 Å². The fourth-order valence-corrected chi connectivity index (χ4v) is 1.64. The van der Waals surface area contributed by atoms with Crippen molar-refractivity contribution in [3.05, 3.63) is 0 Å².